The van der Waals surface area contributed by atoms with Crippen LogP contribution in [-0.2, 0) is 9.59 Å². The normalized spacial score (nSPS) is 13.6. The number of thioether (sulfide) groups is 1. The fourth-order valence-corrected chi connectivity index (χ4v) is 2.36. The van der Waals surface area contributed by atoms with Crippen LogP contribution in [0.4, 0.5) is 4.39 Å². The second-order valence-electron chi connectivity index (χ2n) is 4.31. The van der Waals surface area contributed by atoms with E-state index >= 15 is 0 Å². The van der Waals surface area contributed by atoms with Gasteiger partial charge in [-0.15, -0.1) is 0 Å². The number of carbonyl (C=O) groups is 2. The van der Waals surface area contributed by atoms with Crippen LogP contribution in [0.5, 0.6) is 0 Å². The van der Waals surface area contributed by atoms with Gasteiger partial charge < -0.3 is 10.4 Å². The Kier molecular flexibility index (Phi) is 6.29. The Bertz CT molecular complexity index is 512. The van der Waals surface area contributed by atoms with E-state index in [1.165, 1.54) is 23.9 Å². The third kappa shape index (κ3) is 4.38. The molecule has 0 radical (unpaired) electrons. The molecule has 7 heteroatoms. The molecule has 1 aromatic carbocycles. The maximum atomic E-state index is 13.4. The molecule has 2 atom stereocenters. The van der Waals surface area contributed by atoms with Crippen molar-refractivity contribution in [2.75, 3.05) is 12.0 Å². The summed E-state index contributed by atoms with van der Waals surface area (Å²) in [6.45, 7) is 1.70. The first-order chi connectivity index (χ1) is 9.36. The van der Waals surface area contributed by atoms with Gasteiger partial charge in [0.05, 0.1) is 5.02 Å². The van der Waals surface area contributed by atoms with Crippen molar-refractivity contribution in [3.8, 4) is 0 Å². The van der Waals surface area contributed by atoms with E-state index in [2.05, 4.69) is 5.32 Å². The zero-order chi connectivity index (χ0) is 15.3. The van der Waals surface area contributed by atoms with Crippen molar-refractivity contribution in [2.45, 2.75) is 13.0 Å². The molecule has 2 unspecified atom stereocenters. The number of aliphatic carboxylic acids is 1. The average molecular weight is 320 g/mol. The number of halogens is 2. The minimum absolute atomic E-state index is 0.0973. The number of nitrogens with one attached hydrogen (secondary N) is 1. The quantitative estimate of drug-likeness (QED) is 0.846. The molecule has 0 fully saturated rings. The Labute approximate surface area is 125 Å². The Morgan fingerprint density at radius 3 is 2.65 bits per heavy atom. The lowest BCUT2D eigenvalue weighted by atomic mass is 10.1. The number of rotatable bonds is 6. The maximum Gasteiger partial charge on any atom is 0.330 e. The first kappa shape index (κ1) is 16.8. The van der Waals surface area contributed by atoms with Gasteiger partial charge in [0.15, 0.2) is 6.04 Å². The van der Waals surface area contributed by atoms with Gasteiger partial charge in [0.2, 0.25) is 5.91 Å². The molecular formula is C13H15ClFNO3S. The predicted octanol–water partition coefficient (Wildman–Crippen LogP) is 2.72. The van der Waals surface area contributed by atoms with E-state index in [1.807, 2.05) is 6.26 Å². The maximum absolute atomic E-state index is 13.4. The number of hydrogen-bond acceptors (Lipinski definition) is 3. The Morgan fingerprint density at radius 2 is 2.15 bits per heavy atom. The van der Waals surface area contributed by atoms with Crippen LogP contribution in [0.1, 0.15) is 18.5 Å². The van der Waals surface area contributed by atoms with Gasteiger partial charge in [-0.1, -0.05) is 24.6 Å². The van der Waals surface area contributed by atoms with Gasteiger partial charge in [-0.3, -0.25) is 4.79 Å². The highest BCUT2D eigenvalue weighted by molar-refractivity contribution is 7.98. The van der Waals surface area contributed by atoms with Crippen LogP contribution in [0.15, 0.2) is 18.2 Å². The lowest BCUT2D eigenvalue weighted by Crippen LogP contribution is -2.37. The summed E-state index contributed by atoms with van der Waals surface area (Å²) >= 11 is 7.04. The summed E-state index contributed by atoms with van der Waals surface area (Å²) in [7, 11) is 0. The molecule has 1 aromatic rings. The Balaban J connectivity index is 2.92. The SMILES string of the molecule is CSCC(C)C(=O)NC(C(=O)O)c1ccc(Cl)c(F)c1. The molecule has 1 amide bonds. The van der Waals surface area contributed by atoms with Crippen molar-refractivity contribution in [1.82, 2.24) is 5.32 Å². The molecular weight excluding hydrogens is 305 g/mol. The zero-order valence-electron chi connectivity index (χ0n) is 11.0. The average Bonchev–Trinajstić information content (AvgIpc) is 2.39. The summed E-state index contributed by atoms with van der Waals surface area (Å²) in [6.07, 6.45) is 1.85. The van der Waals surface area contributed by atoms with Crippen LogP contribution < -0.4 is 5.32 Å². The molecule has 110 valence electrons. The number of amides is 1. The van der Waals surface area contributed by atoms with Crippen molar-refractivity contribution in [2.24, 2.45) is 5.92 Å². The summed E-state index contributed by atoms with van der Waals surface area (Å²) in [4.78, 5) is 23.1. The van der Waals surface area contributed by atoms with Gasteiger partial charge in [-0.25, -0.2) is 9.18 Å². The number of carboxylic acids is 1. The van der Waals surface area contributed by atoms with Crippen molar-refractivity contribution >= 4 is 35.2 Å². The third-order valence-electron chi connectivity index (χ3n) is 2.67. The van der Waals surface area contributed by atoms with Crippen LogP contribution in [0.25, 0.3) is 0 Å². The number of carboxylic acid groups (broad SMARTS) is 1. The highest BCUT2D eigenvalue weighted by Gasteiger charge is 2.25. The second kappa shape index (κ2) is 7.50. The zero-order valence-corrected chi connectivity index (χ0v) is 12.6. The van der Waals surface area contributed by atoms with E-state index in [4.69, 9.17) is 11.6 Å². The van der Waals surface area contributed by atoms with E-state index in [9.17, 15) is 19.1 Å². The van der Waals surface area contributed by atoms with E-state index < -0.39 is 17.8 Å². The second-order valence-corrected chi connectivity index (χ2v) is 5.63. The molecule has 0 heterocycles. The van der Waals surface area contributed by atoms with Crippen LogP contribution in [0.2, 0.25) is 5.02 Å². The summed E-state index contributed by atoms with van der Waals surface area (Å²) in [5, 5.41) is 11.5. The fraction of sp³-hybridized carbons (Fsp3) is 0.385. The highest BCUT2D eigenvalue weighted by Crippen LogP contribution is 2.21. The molecule has 0 aliphatic carbocycles. The predicted molar refractivity (Wildman–Crippen MR) is 77.5 cm³/mol. The minimum Gasteiger partial charge on any atom is -0.479 e. The van der Waals surface area contributed by atoms with Crippen LogP contribution in [-0.4, -0.2) is 29.0 Å². The minimum atomic E-state index is -1.29. The molecule has 20 heavy (non-hydrogen) atoms. The Morgan fingerprint density at radius 1 is 1.50 bits per heavy atom. The van der Waals surface area contributed by atoms with Crippen molar-refractivity contribution in [1.29, 1.82) is 0 Å². The first-order valence-corrected chi connectivity index (χ1v) is 7.61. The third-order valence-corrected chi connectivity index (χ3v) is 3.81. The van der Waals surface area contributed by atoms with E-state index in [-0.39, 0.29) is 22.4 Å². The summed E-state index contributed by atoms with van der Waals surface area (Å²) in [6, 6.07) is 2.36. The number of hydrogen-bond donors (Lipinski definition) is 2. The van der Waals surface area contributed by atoms with Crippen LogP contribution in [0, 0.1) is 11.7 Å². The first-order valence-electron chi connectivity index (χ1n) is 5.84. The highest BCUT2D eigenvalue weighted by atomic mass is 35.5. The lowest BCUT2D eigenvalue weighted by molar-refractivity contribution is -0.142. The molecule has 0 spiro atoms. The summed E-state index contributed by atoms with van der Waals surface area (Å²) in [5.41, 5.74) is 0.143. The van der Waals surface area contributed by atoms with Crippen molar-refractivity contribution in [3.05, 3.63) is 34.6 Å². The molecule has 2 N–H and O–H groups in total. The smallest absolute Gasteiger partial charge is 0.330 e. The Hall–Kier alpha value is -1.27. The van der Waals surface area contributed by atoms with E-state index in [0.29, 0.717) is 5.75 Å². The van der Waals surface area contributed by atoms with Gasteiger partial charge in [-0.05, 0) is 24.0 Å². The monoisotopic (exact) mass is 319 g/mol. The van der Waals surface area contributed by atoms with Crippen LogP contribution in [0.3, 0.4) is 0 Å². The molecule has 0 aliphatic heterocycles. The van der Waals surface area contributed by atoms with Gasteiger partial charge in [0.1, 0.15) is 5.82 Å². The van der Waals surface area contributed by atoms with Gasteiger partial charge in [0.25, 0.3) is 0 Å². The number of benzene rings is 1. The van der Waals surface area contributed by atoms with E-state index in [0.717, 1.165) is 6.07 Å². The molecule has 1 rings (SSSR count). The van der Waals surface area contributed by atoms with Gasteiger partial charge in [-0.2, -0.15) is 11.8 Å². The van der Waals surface area contributed by atoms with Gasteiger partial charge >= 0.3 is 5.97 Å². The topological polar surface area (TPSA) is 66.4 Å². The molecule has 0 saturated heterocycles. The molecule has 0 aromatic heterocycles. The standard InChI is InChI=1S/C13H15ClFNO3S/c1-7(6-20-2)12(17)16-11(13(18)19)8-3-4-9(14)10(15)5-8/h3-5,7,11H,6H2,1-2H3,(H,16,17)(H,18,19). The van der Waals surface area contributed by atoms with Crippen LogP contribution >= 0.6 is 23.4 Å². The van der Waals surface area contributed by atoms with Crippen molar-refractivity contribution < 1.29 is 19.1 Å². The van der Waals surface area contributed by atoms with E-state index in [1.54, 1.807) is 6.92 Å². The summed E-state index contributed by atoms with van der Waals surface area (Å²) < 4.78 is 13.4. The fourth-order valence-electron chi connectivity index (χ4n) is 1.59. The largest absolute Gasteiger partial charge is 0.479 e. The number of carbonyl (C=O) groups excluding carboxylic acids is 1. The lowest BCUT2D eigenvalue weighted by Gasteiger charge is -2.18. The summed E-state index contributed by atoms with van der Waals surface area (Å²) in [5.74, 6) is -2.11. The molecule has 4 nitrogen and oxygen atoms in total. The molecule has 0 aliphatic rings. The molecule has 0 saturated carbocycles. The van der Waals surface area contributed by atoms with Gasteiger partial charge in [0, 0.05) is 11.7 Å². The molecule has 0 bridgehead atoms. The van der Waals surface area contributed by atoms with Crippen molar-refractivity contribution in [3.63, 3.8) is 0 Å².